The fourth-order valence-corrected chi connectivity index (χ4v) is 4.09. The average molecular weight is 558 g/mol. The Morgan fingerprint density at radius 2 is 1.41 bits per heavy atom. The average Bonchev–Trinajstić information content (AvgIpc) is 3.05. The van der Waals surface area contributed by atoms with Crippen LogP contribution in [0.4, 0.5) is 11.4 Å². The summed E-state index contributed by atoms with van der Waals surface area (Å²) in [7, 11) is 0. The minimum atomic E-state index is -0.875. The van der Waals surface area contributed by atoms with Crippen LogP contribution in [0.5, 0.6) is 0 Å². The number of halogens is 2. The van der Waals surface area contributed by atoms with Crippen LogP contribution in [0.15, 0.2) is 87.3 Å². The van der Waals surface area contributed by atoms with Crippen molar-refractivity contribution in [3.8, 4) is 0 Å². The number of aliphatic hydroxyl groups excluding tert-OH is 1. The molecule has 0 aliphatic carbocycles. The summed E-state index contributed by atoms with van der Waals surface area (Å²) in [6.45, 7) is 0. The molecule has 1 saturated heterocycles. The summed E-state index contributed by atoms with van der Waals surface area (Å²) in [6, 6.07) is 18.3. The summed E-state index contributed by atoms with van der Waals surface area (Å²) in [5.41, 5.74) is 1.08. The number of nitrogens with zero attached hydrogens (tertiary/aromatic N) is 2. The quantitative estimate of drug-likeness (QED) is 0.145. The zero-order valence-electron chi connectivity index (χ0n) is 16.2. The molecule has 0 radical (unpaired) electrons. The number of anilines is 1. The summed E-state index contributed by atoms with van der Waals surface area (Å²) in [5.74, 6) is -2.01. The van der Waals surface area contributed by atoms with E-state index in [0.717, 1.165) is 8.95 Å². The van der Waals surface area contributed by atoms with Crippen molar-refractivity contribution < 1.29 is 19.6 Å². The molecule has 1 aliphatic rings. The first kappa shape index (κ1) is 21.9. The number of hydrogen-bond donors (Lipinski definition) is 1. The third kappa shape index (κ3) is 3.96. The van der Waals surface area contributed by atoms with Crippen LogP contribution in [0.25, 0.3) is 5.76 Å². The number of carbonyl (C=O) groups excluding carboxylic acids is 2. The molecule has 3 aromatic rings. The van der Waals surface area contributed by atoms with Gasteiger partial charge in [0.15, 0.2) is 0 Å². The Morgan fingerprint density at radius 1 is 0.875 bits per heavy atom. The molecule has 4 rings (SSSR count). The zero-order chi connectivity index (χ0) is 23.0. The fourth-order valence-electron chi connectivity index (χ4n) is 3.56. The topological polar surface area (TPSA) is 101 Å². The second-order valence-corrected chi connectivity index (χ2v) is 8.83. The summed E-state index contributed by atoms with van der Waals surface area (Å²) in [5, 5.41) is 22.0. The first-order valence-electron chi connectivity index (χ1n) is 9.35. The molecule has 1 heterocycles. The molecular formula is C23H14Br2N2O5. The van der Waals surface area contributed by atoms with Crippen molar-refractivity contribution in [3.05, 3.63) is 109 Å². The maximum absolute atomic E-state index is 13.1. The van der Waals surface area contributed by atoms with Crippen LogP contribution in [0.2, 0.25) is 0 Å². The molecular weight excluding hydrogens is 544 g/mol. The molecule has 7 nitrogen and oxygen atoms in total. The lowest BCUT2D eigenvalue weighted by molar-refractivity contribution is -0.384. The molecule has 3 aromatic carbocycles. The van der Waals surface area contributed by atoms with E-state index in [-0.39, 0.29) is 16.8 Å². The largest absolute Gasteiger partial charge is 0.507 e. The van der Waals surface area contributed by atoms with Gasteiger partial charge in [-0.2, -0.15) is 0 Å². The van der Waals surface area contributed by atoms with Gasteiger partial charge >= 0.3 is 0 Å². The molecule has 0 unspecified atom stereocenters. The van der Waals surface area contributed by atoms with E-state index in [4.69, 9.17) is 0 Å². The summed E-state index contributed by atoms with van der Waals surface area (Å²) in [4.78, 5) is 37.8. The smallest absolute Gasteiger partial charge is 0.300 e. The van der Waals surface area contributed by atoms with E-state index in [2.05, 4.69) is 31.9 Å². The van der Waals surface area contributed by atoms with Crippen LogP contribution in [-0.2, 0) is 9.59 Å². The standard InChI is InChI=1S/C23H14Br2N2O5/c24-15-5-1-13(2-6-15)20-19(21(28)14-3-9-18(10-4-14)27(31)32)22(29)23(30)26(20)17-11-7-16(25)8-12-17/h1-12,20,28H/t20-/m1/s1. The lowest BCUT2D eigenvalue weighted by Gasteiger charge is -2.25. The van der Waals surface area contributed by atoms with Gasteiger partial charge in [0, 0.05) is 32.3 Å². The van der Waals surface area contributed by atoms with Crippen LogP contribution in [0, 0.1) is 10.1 Å². The molecule has 0 saturated carbocycles. The second kappa shape index (κ2) is 8.68. The molecule has 0 spiro atoms. The van der Waals surface area contributed by atoms with Crippen LogP contribution < -0.4 is 4.90 Å². The van der Waals surface area contributed by atoms with Crippen LogP contribution >= 0.6 is 31.9 Å². The minimum Gasteiger partial charge on any atom is -0.507 e. The van der Waals surface area contributed by atoms with Gasteiger partial charge in [-0.15, -0.1) is 0 Å². The van der Waals surface area contributed by atoms with E-state index in [0.29, 0.717) is 11.3 Å². The Kier molecular flexibility index (Phi) is 5.94. The van der Waals surface area contributed by atoms with E-state index in [1.54, 1.807) is 48.5 Å². The maximum Gasteiger partial charge on any atom is 0.300 e. The second-order valence-electron chi connectivity index (χ2n) is 7.00. The van der Waals surface area contributed by atoms with Crippen LogP contribution in [0.3, 0.4) is 0 Å². The maximum atomic E-state index is 13.1. The van der Waals surface area contributed by atoms with Gasteiger partial charge in [0.05, 0.1) is 16.5 Å². The van der Waals surface area contributed by atoms with Gasteiger partial charge < -0.3 is 5.11 Å². The molecule has 32 heavy (non-hydrogen) atoms. The molecule has 1 amide bonds. The van der Waals surface area contributed by atoms with E-state index in [9.17, 15) is 24.8 Å². The first-order valence-corrected chi connectivity index (χ1v) is 10.9. The number of amides is 1. The lowest BCUT2D eigenvalue weighted by Crippen LogP contribution is -2.29. The molecule has 1 atom stereocenters. The van der Waals surface area contributed by atoms with Crippen molar-refractivity contribution in [2.24, 2.45) is 0 Å². The predicted octanol–water partition coefficient (Wildman–Crippen LogP) is 5.75. The highest BCUT2D eigenvalue weighted by molar-refractivity contribution is 9.10. The van der Waals surface area contributed by atoms with Gasteiger partial charge in [0.25, 0.3) is 17.4 Å². The van der Waals surface area contributed by atoms with Crippen LogP contribution in [0.1, 0.15) is 17.2 Å². The molecule has 1 aliphatic heterocycles. The van der Waals surface area contributed by atoms with Gasteiger partial charge in [-0.1, -0.05) is 44.0 Å². The summed E-state index contributed by atoms with van der Waals surface area (Å²) < 4.78 is 1.63. The number of carbonyl (C=O) groups is 2. The van der Waals surface area contributed by atoms with Crippen molar-refractivity contribution in [1.29, 1.82) is 0 Å². The number of hydrogen-bond acceptors (Lipinski definition) is 5. The summed E-state index contributed by atoms with van der Waals surface area (Å²) in [6.07, 6.45) is 0. The van der Waals surface area contributed by atoms with E-state index in [1.807, 2.05) is 0 Å². The van der Waals surface area contributed by atoms with Gasteiger partial charge in [-0.25, -0.2) is 0 Å². The molecule has 160 valence electrons. The number of benzene rings is 3. The number of non-ortho nitro benzene ring substituents is 1. The SMILES string of the molecule is O=C1C(=O)N(c2ccc(Br)cc2)[C@H](c2ccc(Br)cc2)C1=C(O)c1ccc([N+](=O)[O-])cc1. The third-order valence-electron chi connectivity index (χ3n) is 5.09. The normalized spacial score (nSPS) is 17.6. The van der Waals surface area contributed by atoms with Gasteiger partial charge in [0.2, 0.25) is 0 Å². The Morgan fingerprint density at radius 3 is 1.94 bits per heavy atom. The fraction of sp³-hybridized carbons (Fsp3) is 0.0435. The van der Waals surface area contributed by atoms with Gasteiger partial charge in [-0.3, -0.25) is 24.6 Å². The molecule has 1 fully saturated rings. The Hall–Kier alpha value is -3.30. The lowest BCUT2D eigenvalue weighted by atomic mass is 9.95. The van der Waals surface area contributed by atoms with Gasteiger partial charge in [-0.05, 0) is 54.1 Å². The minimum absolute atomic E-state index is 0.0888. The van der Waals surface area contributed by atoms with E-state index >= 15 is 0 Å². The Bertz CT molecular complexity index is 1250. The Labute approximate surface area is 199 Å². The molecule has 1 N–H and O–H groups in total. The number of aliphatic hydroxyl groups is 1. The van der Waals surface area contributed by atoms with Crippen molar-refractivity contribution in [3.63, 3.8) is 0 Å². The van der Waals surface area contributed by atoms with Crippen molar-refractivity contribution in [1.82, 2.24) is 0 Å². The molecule has 9 heteroatoms. The highest BCUT2D eigenvalue weighted by Crippen LogP contribution is 2.42. The highest BCUT2D eigenvalue weighted by Gasteiger charge is 2.46. The third-order valence-corrected chi connectivity index (χ3v) is 6.14. The highest BCUT2D eigenvalue weighted by atomic mass is 79.9. The van der Waals surface area contributed by atoms with Gasteiger partial charge in [0.1, 0.15) is 5.76 Å². The number of ketones is 1. The number of nitro groups is 1. The number of rotatable bonds is 4. The molecule has 0 bridgehead atoms. The molecule has 0 aromatic heterocycles. The van der Waals surface area contributed by atoms with E-state index < -0.39 is 28.4 Å². The van der Waals surface area contributed by atoms with Crippen molar-refractivity contribution in [2.45, 2.75) is 6.04 Å². The van der Waals surface area contributed by atoms with Crippen molar-refractivity contribution >= 4 is 60.7 Å². The summed E-state index contributed by atoms with van der Waals surface area (Å²) >= 11 is 6.73. The zero-order valence-corrected chi connectivity index (χ0v) is 19.4. The Balaban J connectivity index is 1.90. The first-order chi connectivity index (χ1) is 15.3. The monoisotopic (exact) mass is 556 g/mol. The number of nitro benzene ring substituents is 1. The predicted molar refractivity (Wildman–Crippen MR) is 126 cm³/mol. The van der Waals surface area contributed by atoms with E-state index in [1.165, 1.54) is 29.2 Å². The number of Topliss-reactive ketones (excluding diaryl/α,β-unsaturated/α-hetero) is 1. The van der Waals surface area contributed by atoms with Crippen molar-refractivity contribution in [2.75, 3.05) is 4.90 Å². The van der Waals surface area contributed by atoms with Crippen LogP contribution in [-0.4, -0.2) is 21.7 Å².